The van der Waals surface area contributed by atoms with E-state index >= 15 is 0 Å². The number of hydrogen-bond acceptors (Lipinski definition) is 2. The van der Waals surface area contributed by atoms with E-state index in [-0.39, 0.29) is 6.29 Å². The normalized spacial score (nSPS) is 12.6. The molecular formula is C9H17IO2. The lowest BCUT2D eigenvalue weighted by Gasteiger charge is -2.14. The van der Waals surface area contributed by atoms with Crippen molar-refractivity contribution in [1.29, 1.82) is 0 Å². The molecule has 0 spiro atoms. The van der Waals surface area contributed by atoms with E-state index in [4.69, 9.17) is 9.47 Å². The molecule has 0 bridgehead atoms. The Morgan fingerprint density at radius 2 is 1.83 bits per heavy atom. The highest BCUT2D eigenvalue weighted by Gasteiger charge is 2.04. The summed E-state index contributed by atoms with van der Waals surface area (Å²) in [4.78, 5) is 0. The Labute approximate surface area is 88.5 Å². The van der Waals surface area contributed by atoms with Crippen LogP contribution in [-0.2, 0) is 9.47 Å². The summed E-state index contributed by atoms with van der Waals surface area (Å²) in [5.41, 5.74) is 0. The zero-order valence-corrected chi connectivity index (χ0v) is 10.1. The number of hydrogen-bond donors (Lipinski definition) is 0. The quantitative estimate of drug-likeness (QED) is 0.551. The van der Waals surface area contributed by atoms with E-state index in [0.29, 0.717) is 13.2 Å². The van der Waals surface area contributed by atoms with Crippen molar-refractivity contribution >= 4 is 22.6 Å². The minimum atomic E-state index is -0.0651. The van der Waals surface area contributed by atoms with E-state index in [0.717, 1.165) is 6.42 Å². The lowest BCUT2D eigenvalue weighted by Crippen LogP contribution is -2.16. The highest BCUT2D eigenvalue weighted by atomic mass is 127. The van der Waals surface area contributed by atoms with Crippen molar-refractivity contribution < 1.29 is 9.47 Å². The Morgan fingerprint density at radius 1 is 1.33 bits per heavy atom. The predicted octanol–water partition coefficient (Wildman–Crippen LogP) is 3.11. The van der Waals surface area contributed by atoms with Crippen LogP contribution in [-0.4, -0.2) is 19.5 Å². The molecule has 0 aromatic carbocycles. The van der Waals surface area contributed by atoms with Gasteiger partial charge in [0, 0.05) is 19.6 Å². The summed E-state index contributed by atoms with van der Waals surface area (Å²) < 4.78 is 12.0. The van der Waals surface area contributed by atoms with Gasteiger partial charge in [0.15, 0.2) is 6.29 Å². The fourth-order valence-corrected chi connectivity index (χ4v) is 1.07. The number of ether oxygens (including phenoxy) is 2. The molecule has 0 radical (unpaired) electrons. The minimum Gasteiger partial charge on any atom is -0.353 e. The largest absolute Gasteiger partial charge is 0.353 e. The summed E-state index contributed by atoms with van der Waals surface area (Å²) in [5.74, 6) is 0. The molecule has 2 nitrogen and oxygen atoms in total. The first-order valence-electron chi connectivity index (χ1n) is 4.26. The molecule has 3 heteroatoms. The summed E-state index contributed by atoms with van der Waals surface area (Å²) in [5, 5.41) is 0. The van der Waals surface area contributed by atoms with Gasteiger partial charge in [-0.3, -0.25) is 0 Å². The summed E-state index contributed by atoms with van der Waals surface area (Å²) in [7, 11) is 0. The molecule has 0 rings (SSSR count). The van der Waals surface area contributed by atoms with Crippen molar-refractivity contribution in [3.63, 3.8) is 0 Å². The van der Waals surface area contributed by atoms with Gasteiger partial charge in [-0.1, -0.05) is 6.08 Å². The molecule has 0 aliphatic heterocycles. The van der Waals surface area contributed by atoms with Crippen LogP contribution >= 0.6 is 22.6 Å². The van der Waals surface area contributed by atoms with Crippen LogP contribution in [0.25, 0.3) is 0 Å². The van der Waals surface area contributed by atoms with E-state index in [2.05, 4.69) is 35.6 Å². The van der Waals surface area contributed by atoms with Crippen LogP contribution < -0.4 is 0 Å². The Bertz CT molecular complexity index is 124. The highest BCUT2D eigenvalue weighted by molar-refractivity contribution is 14.1. The molecule has 0 N–H and O–H groups in total. The van der Waals surface area contributed by atoms with Crippen LogP contribution in [0.15, 0.2) is 9.66 Å². The smallest absolute Gasteiger partial charge is 0.160 e. The molecule has 0 saturated heterocycles. The average molecular weight is 284 g/mol. The van der Waals surface area contributed by atoms with Crippen LogP contribution in [0, 0.1) is 0 Å². The fraction of sp³-hybridized carbons (Fsp3) is 0.778. The van der Waals surface area contributed by atoms with Gasteiger partial charge in [0.2, 0.25) is 0 Å². The van der Waals surface area contributed by atoms with Gasteiger partial charge in [0.1, 0.15) is 0 Å². The van der Waals surface area contributed by atoms with Crippen molar-refractivity contribution in [3.05, 3.63) is 9.66 Å². The first-order valence-corrected chi connectivity index (χ1v) is 5.34. The molecule has 12 heavy (non-hydrogen) atoms. The maximum absolute atomic E-state index is 5.36. The van der Waals surface area contributed by atoms with E-state index in [1.165, 1.54) is 3.58 Å². The van der Waals surface area contributed by atoms with Gasteiger partial charge in [-0.05, 0) is 46.9 Å². The van der Waals surface area contributed by atoms with Crippen molar-refractivity contribution in [2.75, 3.05) is 13.2 Å². The fourth-order valence-electron chi connectivity index (χ4n) is 0.815. The molecular weight excluding hydrogens is 267 g/mol. The molecule has 0 fully saturated rings. The molecule has 0 amide bonds. The Balaban J connectivity index is 3.69. The minimum absolute atomic E-state index is 0.0651. The van der Waals surface area contributed by atoms with Crippen molar-refractivity contribution in [1.82, 2.24) is 0 Å². The van der Waals surface area contributed by atoms with Crippen LogP contribution in [0.4, 0.5) is 0 Å². The maximum Gasteiger partial charge on any atom is 0.160 e. The SMILES string of the molecule is CCOC(C/C=C(\C)I)OCC. The van der Waals surface area contributed by atoms with E-state index in [1.807, 2.05) is 13.8 Å². The Kier molecular flexibility index (Phi) is 8.27. The molecule has 72 valence electrons. The number of halogens is 1. The van der Waals surface area contributed by atoms with E-state index in [9.17, 15) is 0 Å². The number of allylic oxidation sites excluding steroid dienone is 1. The van der Waals surface area contributed by atoms with Crippen LogP contribution in [0.2, 0.25) is 0 Å². The van der Waals surface area contributed by atoms with Gasteiger partial charge >= 0.3 is 0 Å². The predicted molar refractivity (Wildman–Crippen MR) is 59.4 cm³/mol. The summed E-state index contributed by atoms with van der Waals surface area (Å²) in [6.45, 7) is 7.44. The van der Waals surface area contributed by atoms with Gasteiger partial charge < -0.3 is 9.47 Å². The maximum atomic E-state index is 5.36. The Hall–Kier alpha value is 0.390. The Morgan fingerprint density at radius 3 is 2.17 bits per heavy atom. The molecule has 0 aromatic heterocycles. The summed E-state index contributed by atoms with van der Waals surface area (Å²) >= 11 is 2.28. The second-order valence-corrected chi connectivity index (χ2v) is 4.07. The molecule has 0 aromatic rings. The van der Waals surface area contributed by atoms with Gasteiger partial charge in [-0.25, -0.2) is 0 Å². The van der Waals surface area contributed by atoms with E-state index in [1.54, 1.807) is 0 Å². The van der Waals surface area contributed by atoms with Gasteiger partial charge in [-0.15, -0.1) is 0 Å². The molecule has 0 atom stereocenters. The first-order chi connectivity index (χ1) is 5.70. The van der Waals surface area contributed by atoms with Gasteiger partial charge in [0.05, 0.1) is 0 Å². The zero-order chi connectivity index (χ0) is 9.40. The van der Waals surface area contributed by atoms with Crippen molar-refractivity contribution in [3.8, 4) is 0 Å². The third kappa shape index (κ3) is 7.06. The van der Waals surface area contributed by atoms with Crippen molar-refractivity contribution in [2.24, 2.45) is 0 Å². The van der Waals surface area contributed by atoms with E-state index < -0.39 is 0 Å². The molecule has 0 aliphatic rings. The molecule has 0 unspecified atom stereocenters. The molecule has 0 aliphatic carbocycles. The van der Waals surface area contributed by atoms with Crippen LogP contribution in [0.5, 0.6) is 0 Å². The average Bonchev–Trinajstić information content (AvgIpc) is 2.01. The topological polar surface area (TPSA) is 18.5 Å². The van der Waals surface area contributed by atoms with Crippen LogP contribution in [0.1, 0.15) is 27.2 Å². The molecule has 0 heterocycles. The van der Waals surface area contributed by atoms with Crippen LogP contribution in [0.3, 0.4) is 0 Å². The second kappa shape index (κ2) is 8.01. The zero-order valence-electron chi connectivity index (χ0n) is 7.97. The lowest BCUT2D eigenvalue weighted by molar-refractivity contribution is -0.133. The number of rotatable bonds is 6. The van der Waals surface area contributed by atoms with Gasteiger partial charge in [-0.2, -0.15) is 0 Å². The lowest BCUT2D eigenvalue weighted by atomic mass is 10.4. The monoisotopic (exact) mass is 284 g/mol. The third-order valence-electron chi connectivity index (χ3n) is 1.30. The first kappa shape index (κ1) is 12.4. The summed E-state index contributed by atoms with van der Waals surface area (Å²) in [6.07, 6.45) is 2.90. The standard InChI is InChI=1S/C9H17IO2/c1-4-11-9(12-5-2)7-6-8(3)10/h6,9H,4-5,7H2,1-3H3/b8-6+. The van der Waals surface area contributed by atoms with Gasteiger partial charge in [0.25, 0.3) is 0 Å². The summed E-state index contributed by atoms with van der Waals surface area (Å²) in [6, 6.07) is 0. The molecule has 0 saturated carbocycles. The highest BCUT2D eigenvalue weighted by Crippen LogP contribution is 2.09. The van der Waals surface area contributed by atoms with Crippen molar-refractivity contribution in [2.45, 2.75) is 33.5 Å². The third-order valence-corrected chi connectivity index (χ3v) is 1.74. The second-order valence-electron chi connectivity index (χ2n) is 2.37.